The summed E-state index contributed by atoms with van der Waals surface area (Å²) in [5, 5.41) is 0. The fraction of sp³-hybridized carbons (Fsp3) is 0.833. The van der Waals surface area contributed by atoms with Crippen molar-refractivity contribution >= 4 is 5.71 Å². The maximum Gasteiger partial charge on any atom is 0.152 e. The number of hydrogen-bond donors (Lipinski definition) is 2. The van der Waals surface area contributed by atoms with Crippen molar-refractivity contribution < 1.29 is 4.99 Å². The molecule has 1 fully saturated rings. The van der Waals surface area contributed by atoms with Crippen LogP contribution in [-0.4, -0.2) is 18.8 Å². The Morgan fingerprint density at radius 3 is 2.62 bits per heavy atom. The highest BCUT2D eigenvalue weighted by molar-refractivity contribution is 5.83. The van der Waals surface area contributed by atoms with E-state index < -0.39 is 0 Å². The Morgan fingerprint density at radius 1 is 1.50 bits per heavy atom. The van der Waals surface area contributed by atoms with Gasteiger partial charge in [-0.25, -0.2) is 4.99 Å². The maximum atomic E-state index is 5.28. The second-order valence-corrected chi connectivity index (χ2v) is 2.17. The topological polar surface area (TPSA) is 40.0 Å². The van der Waals surface area contributed by atoms with E-state index in [9.17, 15) is 0 Å². The summed E-state index contributed by atoms with van der Waals surface area (Å²) in [6.07, 6.45) is 3.92. The zero-order valence-corrected chi connectivity index (χ0v) is 5.11. The first-order chi connectivity index (χ1) is 3.93. The van der Waals surface area contributed by atoms with Gasteiger partial charge in [0.25, 0.3) is 0 Å². The van der Waals surface area contributed by atoms with Crippen molar-refractivity contribution in [3.63, 3.8) is 0 Å². The third-order valence-corrected chi connectivity index (χ3v) is 1.48. The Bertz CT molecular complexity index is 90.7. The van der Waals surface area contributed by atoms with Gasteiger partial charge in [0, 0.05) is 12.8 Å². The van der Waals surface area contributed by atoms with E-state index in [4.69, 9.17) is 5.73 Å². The summed E-state index contributed by atoms with van der Waals surface area (Å²) < 4.78 is 0. The molecular formula is C6H13N2+. The molecule has 0 atom stereocenters. The summed E-state index contributed by atoms with van der Waals surface area (Å²) in [5.41, 5.74) is 6.78. The molecule has 0 saturated heterocycles. The lowest BCUT2D eigenvalue weighted by atomic mass is 9.97. The van der Waals surface area contributed by atoms with Gasteiger partial charge < -0.3 is 5.73 Å². The van der Waals surface area contributed by atoms with Crippen LogP contribution in [0, 0.1) is 0 Å². The molecule has 2 nitrogen and oxygen atoms in total. The molecule has 1 saturated carbocycles. The minimum absolute atomic E-state index is 0.753. The summed E-state index contributed by atoms with van der Waals surface area (Å²) in [6, 6.07) is 0. The van der Waals surface area contributed by atoms with Crippen LogP contribution in [0.1, 0.15) is 19.3 Å². The number of hydrogen-bond acceptors (Lipinski definition) is 1. The predicted octanol–water partition coefficient (Wildman–Crippen LogP) is -1.35. The average molecular weight is 113 g/mol. The van der Waals surface area contributed by atoms with Crippen LogP contribution in [-0.2, 0) is 0 Å². The van der Waals surface area contributed by atoms with Crippen LogP contribution in [0.4, 0.5) is 0 Å². The van der Waals surface area contributed by atoms with Gasteiger partial charge in [0.1, 0.15) is 0 Å². The zero-order chi connectivity index (χ0) is 5.82. The Morgan fingerprint density at radius 2 is 2.25 bits per heavy atom. The van der Waals surface area contributed by atoms with Crippen molar-refractivity contribution in [2.24, 2.45) is 5.73 Å². The van der Waals surface area contributed by atoms with Crippen LogP contribution in [0.2, 0.25) is 0 Å². The lowest BCUT2D eigenvalue weighted by molar-refractivity contribution is -0.458. The second-order valence-electron chi connectivity index (χ2n) is 2.17. The smallest absolute Gasteiger partial charge is 0.152 e. The first-order valence-corrected chi connectivity index (χ1v) is 3.22. The highest BCUT2D eigenvalue weighted by atomic mass is 14.8. The number of nitrogens with two attached hydrogens (primary N) is 1. The van der Waals surface area contributed by atoms with E-state index in [-0.39, 0.29) is 0 Å². The van der Waals surface area contributed by atoms with E-state index in [0.29, 0.717) is 0 Å². The van der Waals surface area contributed by atoms with Gasteiger partial charge in [0.2, 0.25) is 0 Å². The quantitative estimate of drug-likeness (QED) is 0.457. The van der Waals surface area contributed by atoms with Crippen molar-refractivity contribution in [1.82, 2.24) is 0 Å². The van der Waals surface area contributed by atoms with Crippen molar-refractivity contribution in [3.8, 4) is 0 Å². The van der Waals surface area contributed by atoms with Gasteiger partial charge >= 0.3 is 0 Å². The highest BCUT2D eigenvalue weighted by Crippen LogP contribution is 2.08. The molecular weight excluding hydrogens is 100 g/mol. The summed E-state index contributed by atoms with van der Waals surface area (Å²) in [6.45, 7) is 1.71. The van der Waals surface area contributed by atoms with Crippen LogP contribution in [0.15, 0.2) is 0 Å². The fourth-order valence-corrected chi connectivity index (χ4v) is 0.779. The Hall–Kier alpha value is -0.370. The largest absolute Gasteiger partial charge is 0.325 e. The molecule has 0 spiro atoms. The Labute approximate surface area is 49.8 Å². The third kappa shape index (κ3) is 1.30. The normalized spacial score (nSPS) is 17.9. The maximum absolute atomic E-state index is 5.28. The van der Waals surface area contributed by atoms with Gasteiger partial charge in [-0.15, -0.1) is 0 Å². The molecule has 0 aromatic heterocycles. The molecule has 0 heterocycles. The van der Waals surface area contributed by atoms with E-state index in [0.717, 1.165) is 13.1 Å². The van der Waals surface area contributed by atoms with E-state index in [2.05, 4.69) is 4.99 Å². The molecule has 0 aromatic rings. The number of nitrogens with one attached hydrogen (secondary N) is 1. The number of rotatable bonds is 2. The Balaban J connectivity index is 2.11. The summed E-state index contributed by atoms with van der Waals surface area (Å²) in [7, 11) is 0. The summed E-state index contributed by atoms with van der Waals surface area (Å²) >= 11 is 0. The molecule has 8 heavy (non-hydrogen) atoms. The summed E-state index contributed by atoms with van der Waals surface area (Å²) in [5.74, 6) is 0. The van der Waals surface area contributed by atoms with Gasteiger partial charge in [-0.2, -0.15) is 0 Å². The van der Waals surface area contributed by atoms with Crippen LogP contribution in [0.25, 0.3) is 0 Å². The van der Waals surface area contributed by atoms with E-state index in [1.807, 2.05) is 0 Å². The molecule has 46 valence electrons. The third-order valence-electron chi connectivity index (χ3n) is 1.48. The van der Waals surface area contributed by atoms with Crippen molar-refractivity contribution in [3.05, 3.63) is 0 Å². The molecule has 1 aliphatic rings. The van der Waals surface area contributed by atoms with Crippen molar-refractivity contribution in [2.75, 3.05) is 13.1 Å². The molecule has 3 N–H and O–H groups in total. The van der Waals surface area contributed by atoms with Crippen LogP contribution < -0.4 is 10.7 Å². The first kappa shape index (κ1) is 5.76. The zero-order valence-electron chi connectivity index (χ0n) is 5.11. The molecule has 0 aliphatic heterocycles. The lowest BCUT2D eigenvalue weighted by Crippen LogP contribution is -2.76. The average Bonchev–Trinajstić information content (AvgIpc) is 1.63. The van der Waals surface area contributed by atoms with E-state index >= 15 is 0 Å². The van der Waals surface area contributed by atoms with Gasteiger partial charge in [-0.05, 0) is 6.42 Å². The first-order valence-electron chi connectivity index (χ1n) is 3.22. The summed E-state index contributed by atoms with van der Waals surface area (Å²) in [4.78, 5) is 3.26. The Kier molecular flexibility index (Phi) is 2.03. The van der Waals surface area contributed by atoms with E-state index in [1.165, 1.54) is 25.0 Å². The molecule has 0 bridgehead atoms. The molecule has 0 unspecified atom stereocenters. The SMILES string of the molecule is NCC[NH+]=C1CCC1. The van der Waals surface area contributed by atoms with Crippen molar-refractivity contribution in [2.45, 2.75) is 19.3 Å². The van der Waals surface area contributed by atoms with Crippen molar-refractivity contribution in [1.29, 1.82) is 0 Å². The standard InChI is InChI=1S/C6H12N2/c7-4-5-8-6-2-1-3-6/h1-5,7H2/p+1. The molecule has 1 rings (SSSR count). The van der Waals surface area contributed by atoms with Crippen LogP contribution >= 0.6 is 0 Å². The molecule has 0 radical (unpaired) electrons. The lowest BCUT2D eigenvalue weighted by Gasteiger charge is -2.07. The minimum Gasteiger partial charge on any atom is -0.325 e. The minimum atomic E-state index is 0.753. The predicted molar refractivity (Wildman–Crippen MR) is 33.7 cm³/mol. The second kappa shape index (κ2) is 2.82. The molecule has 2 heteroatoms. The molecule has 1 aliphatic carbocycles. The van der Waals surface area contributed by atoms with Crippen LogP contribution in [0.5, 0.6) is 0 Å². The van der Waals surface area contributed by atoms with Gasteiger partial charge in [-0.3, -0.25) is 0 Å². The van der Waals surface area contributed by atoms with Crippen LogP contribution in [0.3, 0.4) is 0 Å². The fourth-order valence-electron chi connectivity index (χ4n) is 0.779. The molecule has 0 amide bonds. The highest BCUT2D eigenvalue weighted by Gasteiger charge is 2.14. The van der Waals surface area contributed by atoms with E-state index in [1.54, 1.807) is 0 Å². The van der Waals surface area contributed by atoms with Gasteiger partial charge in [0.05, 0.1) is 6.54 Å². The molecule has 0 aromatic carbocycles. The monoisotopic (exact) mass is 113 g/mol. The van der Waals surface area contributed by atoms with Gasteiger partial charge in [-0.1, -0.05) is 0 Å². The van der Waals surface area contributed by atoms with Gasteiger partial charge in [0.15, 0.2) is 12.3 Å².